The number of carbonyl (C=O) groups excluding carboxylic acids is 1. The second-order valence-electron chi connectivity index (χ2n) is 7.52. The Morgan fingerprint density at radius 3 is 2.38 bits per heavy atom. The van der Waals surface area contributed by atoms with Crippen molar-refractivity contribution >= 4 is 17.5 Å². The van der Waals surface area contributed by atoms with E-state index in [0.717, 1.165) is 50.6 Å². The van der Waals surface area contributed by atoms with Gasteiger partial charge in [-0.2, -0.15) is 0 Å². The van der Waals surface area contributed by atoms with Gasteiger partial charge in [0.2, 0.25) is 0 Å². The lowest BCUT2D eigenvalue weighted by atomic mass is 9.86. The first-order valence-electron chi connectivity index (χ1n) is 8.80. The molecule has 5 heteroatoms. The van der Waals surface area contributed by atoms with Crippen LogP contribution >= 0.6 is 11.6 Å². The molecule has 2 saturated heterocycles. The first-order valence-corrected chi connectivity index (χ1v) is 9.18. The minimum Gasteiger partial charge on any atom is -0.357 e. The largest absolute Gasteiger partial charge is 0.357 e. The van der Waals surface area contributed by atoms with Crippen LogP contribution in [0.4, 0.5) is 0 Å². The molecule has 0 atom stereocenters. The number of amides is 1. The number of piperidine rings is 1. The summed E-state index contributed by atoms with van der Waals surface area (Å²) in [5.74, 6) is 0.110. The third-order valence-corrected chi connectivity index (χ3v) is 5.47. The molecule has 1 spiro atoms. The highest BCUT2D eigenvalue weighted by Crippen LogP contribution is 2.37. The number of morpholine rings is 1. The van der Waals surface area contributed by atoms with Gasteiger partial charge in [0.1, 0.15) is 5.60 Å². The molecule has 0 unspecified atom stereocenters. The average molecular weight is 351 g/mol. The van der Waals surface area contributed by atoms with E-state index in [1.807, 2.05) is 37.8 Å². The van der Waals surface area contributed by atoms with Gasteiger partial charge in [-0.05, 0) is 51.3 Å². The van der Waals surface area contributed by atoms with Crippen LogP contribution in [-0.2, 0) is 16.1 Å². The van der Waals surface area contributed by atoms with Gasteiger partial charge in [0.15, 0.2) is 0 Å². The highest BCUT2D eigenvalue weighted by Gasteiger charge is 2.50. The van der Waals surface area contributed by atoms with Crippen molar-refractivity contribution in [3.8, 4) is 0 Å². The molecule has 0 saturated carbocycles. The predicted molar refractivity (Wildman–Crippen MR) is 96.1 cm³/mol. The summed E-state index contributed by atoms with van der Waals surface area (Å²) in [4.78, 5) is 16.8. The Kier molecular flexibility index (Phi) is 4.92. The normalized spacial score (nSPS) is 23.7. The Morgan fingerprint density at radius 1 is 1.17 bits per heavy atom. The predicted octanol–water partition coefficient (Wildman–Crippen LogP) is 3.33. The van der Waals surface area contributed by atoms with Gasteiger partial charge < -0.3 is 9.64 Å². The summed E-state index contributed by atoms with van der Waals surface area (Å²) in [6.45, 7) is 10.2. The van der Waals surface area contributed by atoms with E-state index in [1.54, 1.807) is 0 Å². The van der Waals surface area contributed by atoms with E-state index < -0.39 is 5.60 Å². The number of carbonyl (C=O) groups is 1. The molecule has 2 aliphatic heterocycles. The SMILES string of the molecule is CCN1CC2(CCN(Cc3ccc(Cl)cc3)CC2)OC(C)(C)C1=O. The number of hydrogen-bond donors (Lipinski definition) is 0. The van der Waals surface area contributed by atoms with E-state index in [2.05, 4.69) is 17.0 Å². The molecule has 2 fully saturated rings. The number of halogens is 1. The quantitative estimate of drug-likeness (QED) is 0.838. The molecule has 24 heavy (non-hydrogen) atoms. The molecule has 0 bridgehead atoms. The number of likely N-dealkylation sites (N-methyl/N-ethyl adjacent to an activating group) is 1. The number of likely N-dealkylation sites (tertiary alicyclic amines) is 1. The van der Waals surface area contributed by atoms with Crippen LogP contribution in [0.25, 0.3) is 0 Å². The number of benzene rings is 1. The van der Waals surface area contributed by atoms with Gasteiger partial charge >= 0.3 is 0 Å². The van der Waals surface area contributed by atoms with E-state index in [4.69, 9.17) is 16.3 Å². The molecule has 1 amide bonds. The lowest BCUT2D eigenvalue weighted by molar-refractivity contribution is -0.216. The van der Waals surface area contributed by atoms with Crippen molar-refractivity contribution in [2.45, 2.75) is 51.4 Å². The Morgan fingerprint density at radius 2 is 1.79 bits per heavy atom. The first-order chi connectivity index (χ1) is 11.3. The molecule has 2 heterocycles. The van der Waals surface area contributed by atoms with Gasteiger partial charge in [-0.15, -0.1) is 0 Å². The molecule has 1 aromatic carbocycles. The molecular formula is C19H27ClN2O2. The Bertz CT molecular complexity index is 592. The van der Waals surface area contributed by atoms with Crippen LogP contribution < -0.4 is 0 Å². The van der Waals surface area contributed by atoms with Crippen LogP contribution in [0.1, 0.15) is 39.2 Å². The Balaban J connectivity index is 1.63. The topological polar surface area (TPSA) is 32.8 Å². The van der Waals surface area contributed by atoms with Crippen molar-refractivity contribution < 1.29 is 9.53 Å². The van der Waals surface area contributed by atoms with Crippen molar-refractivity contribution in [2.75, 3.05) is 26.2 Å². The maximum Gasteiger partial charge on any atom is 0.254 e. The molecule has 0 radical (unpaired) electrons. The zero-order chi connectivity index (χ0) is 17.4. The molecule has 1 aromatic rings. The zero-order valence-corrected chi connectivity index (χ0v) is 15.6. The molecule has 132 valence electrons. The molecule has 0 aliphatic carbocycles. The summed E-state index contributed by atoms with van der Waals surface area (Å²) in [5, 5.41) is 0.776. The van der Waals surface area contributed by atoms with E-state index in [9.17, 15) is 4.79 Å². The van der Waals surface area contributed by atoms with Gasteiger partial charge in [-0.3, -0.25) is 9.69 Å². The van der Waals surface area contributed by atoms with Gasteiger partial charge in [-0.1, -0.05) is 23.7 Å². The van der Waals surface area contributed by atoms with Crippen LogP contribution in [0, 0.1) is 0 Å². The van der Waals surface area contributed by atoms with Crippen LogP contribution in [0.5, 0.6) is 0 Å². The second kappa shape index (κ2) is 6.66. The van der Waals surface area contributed by atoms with Crippen LogP contribution in [0.15, 0.2) is 24.3 Å². The summed E-state index contributed by atoms with van der Waals surface area (Å²) in [6, 6.07) is 8.06. The summed E-state index contributed by atoms with van der Waals surface area (Å²) in [7, 11) is 0. The van der Waals surface area contributed by atoms with Gasteiger partial charge in [0, 0.05) is 37.7 Å². The Labute approximate surface area is 149 Å². The van der Waals surface area contributed by atoms with Crippen molar-refractivity contribution in [2.24, 2.45) is 0 Å². The first kappa shape index (κ1) is 17.7. The smallest absolute Gasteiger partial charge is 0.254 e. The summed E-state index contributed by atoms with van der Waals surface area (Å²) in [6.07, 6.45) is 1.93. The monoisotopic (exact) mass is 350 g/mol. The maximum absolute atomic E-state index is 12.4. The molecule has 3 rings (SSSR count). The van der Waals surface area contributed by atoms with E-state index in [0.29, 0.717) is 0 Å². The summed E-state index contributed by atoms with van der Waals surface area (Å²) in [5.41, 5.74) is 0.377. The number of hydrogen-bond acceptors (Lipinski definition) is 3. The lowest BCUT2D eigenvalue weighted by Gasteiger charge is -2.52. The minimum absolute atomic E-state index is 0.110. The van der Waals surface area contributed by atoms with Crippen LogP contribution in [0.3, 0.4) is 0 Å². The minimum atomic E-state index is -0.716. The van der Waals surface area contributed by atoms with Crippen molar-refractivity contribution in [1.29, 1.82) is 0 Å². The lowest BCUT2D eigenvalue weighted by Crippen LogP contribution is -2.65. The molecular weight excluding hydrogens is 324 g/mol. The van der Waals surface area contributed by atoms with Crippen molar-refractivity contribution in [3.63, 3.8) is 0 Å². The van der Waals surface area contributed by atoms with Crippen molar-refractivity contribution in [1.82, 2.24) is 9.80 Å². The highest BCUT2D eigenvalue weighted by atomic mass is 35.5. The fraction of sp³-hybridized carbons (Fsp3) is 0.632. The number of ether oxygens (including phenoxy) is 1. The fourth-order valence-electron chi connectivity index (χ4n) is 3.90. The van der Waals surface area contributed by atoms with Crippen molar-refractivity contribution in [3.05, 3.63) is 34.9 Å². The molecule has 2 aliphatic rings. The van der Waals surface area contributed by atoms with E-state index in [-0.39, 0.29) is 11.5 Å². The van der Waals surface area contributed by atoms with E-state index >= 15 is 0 Å². The third kappa shape index (κ3) is 3.61. The molecule has 4 nitrogen and oxygen atoms in total. The molecule has 0 aromatic heterocycles. The van der Waals surface area contributed by atoms with Gasteiger partial charge in [-0.25, -0.2) is 0 Å². The maximum atomic E-state index is 12.4. The zero-order valence-electron chi connectivity index (χ0n) is 14.8. The summed E-state index contributed by atoms with van der Waals surface area (Å²) < 4.78 is 6.33. The average Bonchev–Trinajstić information content (AvgIpc) is 2.55. The van der Waals surface area contributed by atoms with Crippen LogP contribution in [-0.4, -0.2) is 53.1 Å². The number of rotatable bonds is 3. The standard InChI is InChI=1S/C19H27ClN2O2/c1-4-22-14-19(24-18(2,3)17(22)23)9-11-21(12-10-19)13-15-5-7-16(20)8-6-15/h5-8H,4,9-14H2,1-3H3. The third-order valence-electron chi connectivity index (χ3n) is 5.22. The fourth-order valence-corrected chi connectivity index (χ4v) is 4.03. The Hall–Kier alpha value is -1.10. The molecule has 0 N–H and O–H groups in total. The highest BCUT2D eigenvalue weighted by molar-refractivity contribution is 6.30. The van der Waals surface area contributed by atoms with E-state index in [1.165, 1.54) is 5.56 Å². The number of nitrogens with zero attached hydrogens (tertiary/aromatic N) is 2. The van der Waals surface area contributed by atoms with Crippen LogP contribution in [0.2, 0.25) is 5.02 Å². The van der Waals surface area contributed by atoms with Gasteiger partial charge in [0.25, 0.3) is 5.91 Å². The van der Waals surface area contributed by atoms with Gasteiger partial charge in [0.05, 0.1) is 5.60 Å². The second-order valence-corrected chi connectivity index (χ2v) is 7.95. The summed E-state index contributed by atoms with van der Waals surface area (Å²) >= 11 is 5.96.